The van der Waals surface area contributed by atoms with Crippen LogP contribution in [-0.4, -0.2) is 0 Å². The Morgan fingerprint density at radius 3 is 1.43 bits per heavy atom. The molecule has 0 radical (unpaired) electrons. The van der Waals surface area contributed by atoms with Crippen LogP contribution in [0.5, 0.6) is 0 Å². The van der Waals surface area contributed by atoms with Gasteiger partial charge in [0.15, 0.2) is 0 Å². The molecular weight excluding hydrogens is 234 g/mol. The summed E-state index contributed by atoms with van der Waals surface area (Å²) in [5.74, 6) is 0. The van der Waals surface area contributed by atoms with Gasteiger partial charge >= 0.3 is 60.3 Å². The third-order valence-electron chi connectivity index (χ3n) is 0.0417. The first-order chi connectivity index (χ1) is 3.41. The Kier molecular flexibility index (Phi) is 24.4. The van der Waals surface area contributed by atoms with Gasteiger partial charge < -0.3 is 0 Å². The van der Waals surface area contributed by atoms with E-state index in [1.807, 2.05) is 0 Å². The fourth-order valence-corrected chi connectivity index (χ4v) is 0.145. The van der Waals surface area contributed by atoms with E-state index in [9.17, 15) is 0 Å². The van der Waals surface area contributed by atoms with E-state index in [4.69, 9.17) is 11.6 Å². The predicted molar refractivity (Wildman–Crippen MR) is 3.14 cm³/mol. The molecule has 0 amide bonds. The van der Waals surface area contributed by atoms with Crippen LogP contribution in [0.3, 0.4) is 0 Å². The van der Waals surface area contributed by atoms with Crippen molar-refractivity contribution >= 4 is 0 Å². The van der Waals surface area contributed by atoms with Crippen molar-refractivity contribution in [3.8, 4) is 0 Å². The summed E-state index contributed by atoms with van der Waals surface area (Å²) in [4.78, 5) is 0. The number of hydrogen-bond donors (Lipinski definition) is 0. The molecule has 0 rings (SSSR count). The summed E-state index contributed by atoms with van der Waals surface area (Å²) in [5.41, 5.74) is 0. The first kappa shape index (κ1) is 10.8. The molecule has 0 aliphatic rings. The molecule has 50 valence electrons. The van der Waals surface area contributed by atoms with E-state index in [1.165, 1.54) is 0 Å². The summed E-state index contributed by atoms with van der Waals surface area (Å²) in [7, 11) is 0. The fourth-order valence-electron chi connectivity index (χ4n) is 0.00851. The third-order valence-corrected chi connectivity index (χ3v) is 0.708. The minimum absolute atomic E-state index is 0.719. The molecule has 0 aromatic heterocycles. The second kappa shape index (κ2) is 15.8. The zero-order valence-corrected chi connectivity index (χ0v) is 5.85. The van der Waals surface area contributed by atoms with Crippen molar-refractivity contribution in [3.63, 3.8) is 0 Å². The zero-order chi connectivity index (χ0) is 6.12. The third kappa shape index (κ3) is 19.7. The van der Waals surface area contributed by atoms with Crippen LogP contribution in [-0.2, 0) is 60.3 Å². The van der Waals surface area contributed by atoms with Gasteiger partial charge in [0.05, 0.1) is 0 Å². The topological polar surface area (TPSA) is 60.4 Å². The average molecular weight is 234 g/mol. The predicted octanol–water partition coefficient (Wildman–Crippen LogP) is -0.432. The monoisotopic (exact) mass is 234 g/mol. The maximum atomic E-state index is 9.11. The fraction of sp³-hybridized carbons (Fsp3) is 0. The average Bonchev–Trinajstić information content (AvgIpc) is 1.75. The molecule has 0 aliphatic heterocycles. The summed E-state index contributed by atoms with van der Waals surface area (Å²) >= 11 is 1.19. The molecule has 0 heterocycles. The van der Waals surface area contributed by atoms with Crippen LogP contribution in [0.4, 0.5) is 0 Å². The van der Waals surface area contributed by atoms with Crippen molar-refractivity contribution < 1.29 is 60.3 Å². The van der Waals surface area contributed by atoms with E-state index in [2.05, 4.69) is 18.3 Å². The molecule has 0 bridgehead atoms. The van der Waals surface area contributed by atoms with Crippen LogP contribution >= 0.6 is 0 Å². The van der Waals surface area contributed by atoms with Crippen molar-refractivity contribution in [1.29, 1.82) is 0 Å². The minimum atomic E-state index is -0.719. The second-order valence-corrected chi connectivity index (χ2v) is 1.35. The van der Waals surface area contributed by atoms with Crippen molar-refractivity contribution in [2.24, 2.45) is 0 Å². The van der Waals surface area contributed by atoms with Gasteiger partial charge in [0.2, 0.25) is 0 Å². The van der Waals surface area contributed by atoms with Crippen molar-refractivity contribution in [2.45, 2.75) is 0 Å². The summed E-state index contributed by atoms with van der Waals surface area (Å²) in [6.07, 6.45) is 0. The number of rotatable bonds is 2. The molecular formula is Fe2NiO4. The molecule has 0 aliphatic carbocycles. The van der Waals surface area contributed by atoms with Gasteiger partial charge in [-0.05, 0) is 0 Å². The van der Waals surface area contributed by atoms with Gasteiger partial charge in [-0.15, -0.1) is 0 Å². The summed E-state index contributed by atoms with van der Waals surface area (Å²) in [6, 6.07) is 0. The molecule has 0 spiro atoms. The van der Waals surface area contributed by atoms with Crippen LogP contribution in [0.25, 0.3) is 0 Å². The molecule has 7 heteroatoms. The van der Waals surface area contributed by atoms with E-state index < -0.39 is 30.4 Å². The van der Waals surface area contributed by atoms with E-state index in [1.54, 1.807) is 0 Å². The van der Waals surface area contributed by atoms with E-state index in [0.717, 1.165) is 0 Å². The van der Waals surface area contributed by atoms with Crippen LogP contribution in [0.15, 0.2) is 0 Å². The Labute approximate surface area is 60.3 Å². The molecule has 0 saturated carbocycles. The van der Waals surface area contributed by atoms with E-state index >= 15 is 0 Å². The van der Waals surface area contributed by atoms with Gasteiger partial charge in [-0.1, -0.05) is 0 Å². The van der Waals surface area contributed by atoms with Crippen LogP contribution in [0.1, 0.15) is 0 Å². The van der Waals surface area contributed by atoms with E-state index in [-0.39, 0.29) is 0 Å². The van der Waals surface area contributed by atoms with Crippen LogP contribution < -0.4 is 0 Å². The van der Waals surface area contributed by atoms with Crippen molar-refractivity contribution in [3.05, 3.63) is 0 Å². The van der Waals surface area contributed by atoms with Gasteiger partial charge in [0, 0.05) is 0 Å². The van der Waals surface area contributed by atoms with Crippen molar-refractivity contribution in [1.82, 2.24) is 0 Å². The molecule has 0 fully saturated rings. The summed E-state index contributed by atoms with van der Waals surface area (Å²) < 4.78 is 29.8. The Hall–Kier alpha value is 0.892. The molecule has 0 saturated heterocycles. The molecule has 0 N–H and O–H groups in total. The number of hydrogen-bond acceptors (Lipinski definition) is 4. The molecule has 7 heavy (non-hydrogen) atoms. The SMILES string of the molecule is [O]=[Fe][O][Fe]=[O].[O]=[Ni]. The molecule has 4 nitrogen and oxygen atoms in total. The summed E-state index contributed by atoms with van der Waals surface area (Å²) in [6.45, 7) is 0. The second-order valence-electron chi connectivity index (χ2n) is 0.169. The zero-order valence-electron chi connectivity index (χ0n) is 2.66. The summed E-state index contributed by atoms with van der Waals surface area (Å²) in [5, 5.41) is 0. The van der Waals surface area contributed by atoms with Gasteiger partial charge in [0.1, 0.15) is 0 Å². The van der Waals surface area contributed by atoms with Crippen molar-refractivity contribution in [2.75, 3.05) is 0 Å². The van der Waals surface area contributed by atoms with Crippen LogP contribution in [0, 0.1) is 0 Å². The molecule has 0 atom stereocenters. The first-order valence-corrected chi connectivity index (χ1v) is 2.91. The molecule has 0 aromatic rings. The molecule has 0 aromatic carbocycles. The Morgan fingerprint density at radius 2 is 1.43 bits per heavy atom. The maximum absolute atomic E-state index is 9.11. The first-order valence-electron chi connectivity index (χ1n) is 0.706. The van der Waals surface area contributed by atoms with Gasteiger partial charge in [-0.2, -0.15) is 0 Å². The Morgan fingerprint density at radius 1 is 1.14 bits per heavy atom. The van der Waals surface area contributed by atoms with Gasteiger partial charge in [0.25, 0.3) is 0 Å². The van der Waals surface area contributed by atoms with Crippen LogP contribution in [0.2, 0.25) is 0 Å². The van der Waals surface area contributed by atoms with E-state index in [0.29, 0.717) is 0 Å². The Bertz CT molecular complexity index is 47.7. The Balaban J connectivity index is 0. The van der Waals surface area contributed by atoms with Gasteiger partial charge in [-0.3, -0.25) is 0 Å². The molecule has 0 unspecified atom stereocenters. The normalized spacial score (nSPS) is 6.57. The van der Waals surface area contributed by atoms with Gasteiger partial charge in [-0.25, -0.2) is 0 Å². The standard InChI is InChI=1S/2Fe.Ni.4O. The quantitative estimate of drug-likeness (QED) is 0.608.